The Hall–Kier alpha value is -0.160. The molecule has 14 heavy (non-hydrogen) atoms. The van der Waals surface area contributed by atoms with Crippen LogP contribution in [0.5, 0.6) is 0 Å². The Bertz CT molecular complexity index is 146. The van der Waals surface area contributed by atoms with E-state index >= 15 is 0 Å². The third-order valence-electron chi connectivity index (χ3n) is 2.78. The van der Waals surface area contributed by atoms with Crippen molar-refractivity contribution in [2.24, 2.45) is 5.73 Å². The second-order valence-corrected chi connectivity index (χ2v) is 4.15. The van der Waals surface area contributed by atoms with Gasteiger partial charge in [0.15, 0.2) is 0 Å². The molecule has 4 nitrogen and oxygen atoms in total. The van der Waals surface area contributed by atoms with Crippen molar-refractivity contribution in [2.75, 3.05) is 53.5 Å². The number of nitrogens with zero attached hydrogens (tertiary/aromatic N) is 2. The molecule has 0 saturated carbocycles. The Kier molecular flexibility index (Phi) is 5.40. The molecule has 0 aromatic rings. The molecule has 0 aromatic heterocycles. The van der Waals surface area contributed by atoms with Crippen LogP contribution in [0, 0.1) is 0 Å². The minimum absolute atomic E-state index is 0.262. The van der Waals surface area contributed by atoms with Crippen molar-refractivity contribution in [3.63, 3.8) is 0 Å². The van der Waals surface area contributed by atoms with Gasteiger partial charge in [-0.25, -0.2) is 0 Å². The van der Waals surface area contributed by atoms with Crippen LogP contribution in [-0.4, -0.2) is 69.3 Å². The maximum Gasteiger partial charge on any atom is 0.0477 e. The van der Waals surface area contributed by atoms with Gasteiger partial charge in [0.25, 0.3) is 0 Å². The lowest BCUT2D eigenvalue weighted by atomic mass is 10.2. The molecule has 4 heteroatoms. The van der Waals surface area contributed by atoms with Crippen molar-refractivity contribution in [2.45, 2.75) is 12.5 Å². The summed E-state index contributed by atoms with van der Waals surface area (Å²) >= 11 is 0. The number of methoxy groups -OCH3 is 1. The van der Waals surface area contributed by atoms with Crippen molar-refractivity contribution < 1.29 is 4.74 Å². The average Bonchev–Trinajstić information content (AvgIpc) is 2.18. The zero-order chi connectivity index (χ0) is 10.4. The van der Waals surface area contributed by atoms with Gasteiger partial charge in [-0.3, -0.25) is 4.90 Å². The average molecular weight is 201 g/mol. The van der Waals surface area contributed by atoms with Crippen LogP contribution < -0.4 is 5.73 Å². The summed E-state index contributed by atoms with van der Waals surface area (Å²) in [6, 6.07) is 0.262. The molecule has 0 aliphatic carbocycles. The van der Waals surface area contributed by atoms with Gasteiger partial charge in [0.1, 0.15) is 0 Å². The van der Waals surface area contributed by atoms with Gasteiger partial charge >= 0.3 is 0 Å². The third-order valence-corrected chi connectivity index (χ3v) is 2.78. The minimum atomic E-state index is 0.262. The van der Waals surface area contributed by atoms with Gasteiger partial charge in [-0.15, -0.1) is 0 Å². The lowest BCUT2D eigenvalue weighted by Gasteiger charge is -2.33. The van der Waals surface area contributed by atoms with E-state index in [1.54, 1.807) is 7.11 Å². The number of hydrogen-bond donors (Lipinski definition) is 1. The van der Waals surface area contributed by atoms with Crippen LogP contribution >= 0.6 is 0 Å². The van der Waals surface area contributed by atoms with Crippen LogP contribution in [0.15, 0.2) is 0 Å². The molecule has 1 fully saturated rings. The topological polar surface area (TPSA) is 41.7 Å². The van der Waals surface area contributed by atoms with E-state index in [9.17, 15) is 0 Å². The van der Waals surface area contributed by atoms with E-state index in [0.29, 0.717) is 0 Å². The summed E-state index contributed by atoms with van der Waals surface area (Å²) in [5.74, 6) is 0. The molecule has 0 amide bonds. The number of likely N-dealkylation sites (N-methyl/N-ethyl adjacent to an activating group) is 1. The SMILES string of the molecule is COCCC(N)CN1CCN(C)CC1. The van der Waals surface area contributed by atoms with Crippen LogP contribution in [0.3, 0.4) is 0 Å². The highest BCUT2D eigenvalue weighted by Crippen LogP contribution is 2.01. The lowest BCUT2D eigenvalue weighted by molar-refractivity contribution is 0.135. The van der Waals surface area contributed by atoms with E-state index in [1.807, 2.05) is 0 Å². The van der Waals surface area contributed by atoms with E-state index < -0.39 is 0 Å². The zero-order valence-electron chi connectivity index (χ0n) is 9.41. The smallest absolute Gasteiger partial charge is 0.0477 e. The molecule has 2 N–H and O–H groups in total. The quantitative estimate of drug-likeness (QED) is 0.657. The highest BCUT2D eigenvalue weighted by Gasteiger charge is 2.15. The van der Waals surface area contributed by atoms with E-state index in [-0.39, 0.29) is 6.04 Å². The van der Waals surface area contributed by atoms with Gasteiger partial charge < -0.3 is 15.4 Å². The van der Waals surface area contributed by atoms with Gasteiger partial charge in [0.2, 0.25) is 0 Å². The molecular weight excluding hydrogens is 178 g/mol. The standard InChI is InChI=1S/C10H23N3O/c1-12-4-6-13(7-5-12)9-10(11)3-8-14-2/h10H,3-9,11H2,1-2H3. The van der Waals surface area contributed by atoms with Crippen LogP contribution in [0.4, 0.5) is 0 Å². The van der Waals surface area contributed by atoms with Crippen LogP contribution in [0.2, 0.25) is 0 Å². The van der Waals surface area contributed by atoms with Gasteiger partial charge in [-0.05, 0) is 13.5 Å². The normalized spacial score (nSPS) is 22.5. The van der Waals surface area contributed by atoms with E-state index in [4.69, 9.17) is 10.5 Å². The molecular formula is C10H23N3O. The van der Waals surface area contributed by atoms with Gasteiger partial charge in [0.05, 0.1) is 0 Å². The molecule has 1 atom stereocenters. The summed E-state index contributed by atoms with van der Waals surface area (Å²) in [6.07, 6.45) is 0.961. The van der Waals surface area contributed by atoms with Gasteiger partial charge in [-0.2, -0.15) is 0 Å². The van der Waals surface area contributed by atoms with Crippen molar-refractivity contribution in [1.29, 1.82) is 0 Å². The first-order chi connectivity index (χ1) is 6.72. The molecule has 0 radical (unpaired) electrons. The molecule has 1 heterocycles. The largest absolute Gasteiger partial charge is 0.385 e. The number of ether oxygens (including phenoxy) is 1. The fourth-order valence-electron chi connectivity index (χ4n) is 1.72. The summed E-state index contributed by atoms with van der Waals surface area (Å²) in [4.78, 5) is 4.80. The third kappa shape index (κ3) is 4.37. The van der Waals surface area contributed by atoms with Gasteiger partial charge in [0, 0.05) is 52.5 Å². The fourth-order valence-corrected chi connectivity index (χ4v) is 1.72. The summed E-state index contributed by atoms with van der Waals surface area (Å²) in [7, 11) is 3.89. The zero-order valence-corrected chi connectivity index (χ0v) is 9.41. The molecule has 0 spiro atoms. The fraction of sp³-hybridized carbons (Fsp3) is 1.00. The van der Waals surface area contributed by atoms with Crippen LogP contribution in [0.25, 0.3) is 0 Å². The molecule has 1 saturated heterocycles. The van der Waals surface area contributed by atoms with Gasteiger partial charge in [-0.1, -0.05) is 0 Å². The van der Waals surface area contributed by atoms with Crippen molar-refractivity contribution in [3.05, 3.63) is 0 Å². The molecule has 1 aliphatic heterocycles. The Morgan fingerprint density at radius 1 is 1.29 bits per heavy atom. The first-order valence-electron chi connectivity index (χ1n) is 5.38. The Morgan fingerprint density at radius 2 is 1.93 bits per heavy atom. The second kappa shape index (κ2) is 6.35. The summed E-state index contributed by atoms with van der Waals surface area (Å²) in [6.45, 7) is 6.41. The van der Waals surface area contributed by atoms with Crippen LogP contribution in [0.1, 0.15) is 6.42 Å². The Labute approximate surface area is 87.0 Å². The monoisotopic (exact) mass is 201 g/mol. The molecule has 84 valence electrons. The van der Waals surface area contributed by atoms with Crippen molar-refractivity contribution >= 4 is 0 Å². The van der Waals surface area contributed by atoms with E-state index in [0.717, 1.165) is 45.8 Å². The lowest BCUT2D eigenvalue weighted by Crippen LogP contribution is -2.48. The summed E-state index contributed by atoms with van der Waals surface area (Å²) < 4.78 is 5.01. The highest BCUT2D eigenvalue weighted by atomic mass is 16.5. The Balaban J connectivity index is 2.10. The summed E-state index contributed by atoms with van der Waals surface area (Å²) in [5, 5.41) is 0. The van der Waals surface area contributed by atoms with Crippen LogP contribution in [-0.2, 0) is 4.74 Å². The Morgan fingerprint density at radius 3 is 2.50 bits per heavy atom. The predicted octanol–water partition coefficient (Wildman–Crippen LogP) is -0.402. The molecule has 0 aromatic carbocycles. The molecule has 1 rings (SSSR count). The maximum atomic E-state index is 5.99. The molecule has 1 aliphatic rings. The molecule has 1 unspecified atom stereocenters. The molecule has 0 bridgehead atoms. The maximum absolute atomic E-state index is 5.99. The van der Waals surface area contributed by atoms with Crippen molar-refractivity contribution in [1.82, 2.24) is 9.80 Å². The number of rotatable bonds is 5. The predicted molar refractivity (Wildman–Crippen MR) is 58.4 cm³/mol. The number of nitrogens with two attached hydrogens (primary N) is 1. The number of hydrogen-bond acceptors (Lipinski definition) is 4. The second-order valence-electron chi connectivity index (χ2n) is 4.15. The number of piperazine rings is 1. The van der Waals surface area contributed by atoms with E-state index in [2.05, 4.69) is 16.8 Å². The minimum Gasteiger partial charge on any atom is -0.385 e. The first-order valence-corrected chi connectivity index (χ1v) is 5.38. The van der Waals surface area contributed by atoms with E-state index in [1.165, 1.54) is 0 Å². The van der Waals surface area contributed by atoms with Crippen molar-refractivity contribution in [3.8, 4) is 0 Å². The first kappa shape index (κ1) is 11.9. The highest BCUT2D eigenvalue weighted by molar-refractivity contribution is 4.74. The summed E-state index contributed by atoms with van der Waals surface area (Å²) in [5.41, 5.74) is 5.99.